The quantitative estimate of drug-likeness (QED) is 0.788. The van der Waals surface area contributed by atoms with Gasteiger partial charge in [0, 0.05) is 31.5 Å². The maximum Gasteiger partial charge on any atom is 0.274 e. The summed E-state index contributed by atoms with van der Waals surface area (Å²) in [7, 11) is 0. The summed E-state index contributed by atoms with van der Waals surface area (Å²) in [6, 6.07) is 4.63. The van der Waals surface area contributed by atoms with E-state index in [-0.39, 0.29) is 12.3 Å². The first-order valence-electron chi connectivity index (χ1n) is 7.83. The number of carbonyl (C=O) groups is 1. The summed E-state index contributed by atoms with van der Waals surface area (Å²) >= 11 is 0. The van der Waals surface area contributed by atoms with Crippen molar-refractivity contribution in [2.45, 2.75) is 12.6 Å². The molecule has 2 aromatic heterocycles. The van der Waals surface area contributed by atoms with Crippen LogP contribution in [0.5, 0.6) is 0 Å². The van der Waals surface area contributed by atoms with E-state index >= 15 is 0 Å². The molecule has 0 unspecified atom stereocenters. The fourth-order valence-corrected chi connectivity index (χ4v) is 2.52. The fraction of sp³-hybridized carbons (Fsp3) is 0.438. The van der Waals surface area contributed by atoms with E-state index in [1.54, 1.807) is 30.6 Å². The lowest BCUT2D eigenvalue weighted by molar-refractivity contribution is 0.0305. The molecular formula is C16H20N4O4. The zero-order chi connectivity index (χ0) is 16.8. The van der Waals surface area contributed by atoms with Crippen molar-refractivity contribution in [2.75, 3.05) is 32.9 Å². The lowest BCUT2D eigenvalue weighted by Crippen LogP contribution is -2.35. The van der Waals surface area contributed by atoms with Gasteiger partial charge < -0.3 is 19.7 Å². The van der Waals surface area contributed by atoms with Crippen molar-refractivity contribution in [3.05, 3.63) is 47.6 Å². The monoisotopic (exact) mass is 332 g/mol. The van der Waals surface area contributed by atoms with Crippen LogP contribution >= 0.6 is 0 Å². The highest BCUT2D eigenvalue weighted by Gasteiger charge is 2.20. The van der Waals surface area contributed by atoms with Gasteiger partial charge in [-0.2, -0.15) is 0 Å². The Morgan fingerprint density at radius 1 is 1.42 bits per heavy atom. The van der Waals surface area contributed by atoms with E-state index in [1.807, 2.05) is 0 Å². The number of hydrogen-bond acceptors (Lipinski definition) is 7. The molecule has 8 heteroatoms. The normalized spacial score (nSPS) is 16.7. The van der Waals surface area contributed by atoms with Crippen LogP contribution in [0.2, 0.25) is 0 Å². The third-order valence-corrected chi connectivity index (χ3v) is 3.85. The molecule has 3 heterocycles. The van der Waals surface area contributed by atoms with Gasteiger partial charge in [0.15, 0.2) is 11.5 Å². The van der Waals surface area contributed by atoms with Crippen LogP contribution in [-0.4, -0.2) is 59.0 Å². The second-order valence-corrected chi connectivity index (χ2v) is 5.56. The van der Waals surface area contributed by atoms with Crippen molar-refractivity contribution >= 4 is 5.91 Å². The molecule has 1 saturated heterocycles. The van der Waals surface area contributed by atoms with E-state index in [0.717, 1.165) is 18.7 Å². The number of carbonyl (C=O) groups excluding carboxylic acids is 1. The third kappa shape index (κ3) is 4.16. The van der Waals surface area contributed by atoms with E-state index in [0.29, 0.717) is 25.5 Å². The molecule has 0 bridgehead atoms. The summed E-state index contributed by atoms with van der Waals surface area (Å²) in [5, 5.41) is 16.0. The fourth-order valence-electron chi connectivity index (χ4n) is 2.52. The summed E-state index contributed by atoms with van der Waals surface area (Å²) < 4.78 is 10.5. The molecule has 128 valence electrons. The van der Waals surface area contributed by atoms with Gasteiger partial charge in [-0.25, -0.2) is 0 Å². The largest absolute Gasteiger partial charge is 0.394 e. The Morgan fingerprint density at radius 3 is 2.96 bits per heavy atom. The molecule has 1 amide bonds. The Morgan fingerprint density at radius 2 is 2.25 bits per heavy atom. The van der Waals surface area contributed by atoms with Gasteiger partial charge in [-0.15, -0.1) is 0 Å². The van der Waals surface area contributed by atoms with Crippen LogP contribution in [0.3, 0.4) is 0 Å². The Hall–Kier alpha value is -2.29. The molecule has 8 nitrogen and oxygen atoms in total. The van der Waals surface area contributed by atoms with Crippen LogP contribution < -0.4 is 5.32 Å². The number of nitrogens with one attached hydrogen (secondary N) is 1. The van der Waals surface area contributed by atoms with Gasteiger partial charge in [0.25, 0.3) is 5.91 Å². The number of hydrogen-bond donors (Lipinski definition) is 2. The van der Waals surface area contributed by atoms with Crippen molar-refractivity contribution in [3.8, 4) is 0 Å². The number of morpholine rings is 1. The van der Waals surface area contributed by atoms with E-state index in [9.17, 15) is 9.90 Å². The lowest BCUT2D eigenvalue weighted by Gasteiger charge is -2.25. The zero-order valence-electron chi connectivity index (χ0n) is 13.2. The van der Waals surface area contributed by atoms with Crippen LogP contribution in [0.1, 0.15) is 27.9 Å². The van der Waals surface area contributed by atoms with Crippen molar-refractivity contribution in [1.29, 1.82) is 0 Å². The van der Waals surface area contributed by atoms with Crippen LogP contribution in [0.15, 0.2) is 35.1 Å². The standard InChI is InChI=1S/C16H20N4O4/c21-11-15(12-2-1-3-17-9-12)18-16(22)14-8-13(24-19-14)10-20-4-6-23-7-5-20/h1-3,8-9,15,21H,4-7,10-11H2,(H,18,22)/t15-/m1/s1. The Bertz CT molecular complexity index is 655. The second-order valence-electron chi connectivity index (χ2n) is 5.56. The van der Waals surface area contributed by atoms with Gasteiger partial charge in [-0.05, 0) is 11.6 Å². The molecule has 0 spiro atoms. The zero-order valence-corrected chi connectivity index (χ0v) is 13.2. The first-order valence-corrected chi connectivity index (χ1v) is 7.83. The molecule has 24 heavy (non-hydrogen) atoms. The smallest absolute Gasteiger partial charge is 0.274 e. The summed E-state index contributed by atoms with van der Waals surface area (Å²) in [6.45, 7) is 3.42. The van der Waals surface area contributed by atoms with Gasteiger partial charge in [-0.3, -0.25) is 14.7 Å². The SMILES string of the molecule is O=C(N[C@H](CO)c1cccnc1)c1cc(CN2CCOCC2)on1. The summed E-state index contributed by atoms with van der Waals surface area (Å²) in [4.78, 5) is 18.5. The number of rotatable bonds is 6. The number of amides is 1. The first kappa shape index (κ1) is 16.6. The third-order valence-electron chi connectivity index (χ3n) is 3.85. The van der Waals surface area contributed by atoms with E-state index in [4.69, 9.17) is 9.26 Å². The Labute approximate surface area is 139 Å². The highest BCUT2D eigenvalue weighted by molar-refractivity contribution is 5.92. The molecule has 2 aromatic rings. The topological polar surface area (TPSA) is 101 Å². The van der Waals surface area contributed by atoms with Crippen LogP contribution in [-0.2, 0) is 11.3 Å². The van der Waals surface area contributed by atoms with Crippen LogP contribution in [0.25, 0.3) is 0 Å². The Kier molecular flexibility index (Phi) is 5.52. The lowest BCUT2D eigenvalue weighted by atomic mass is 10.1. The predicted molar refractivity (Wildman–Crippen MR) is 84.1 cm³/mol. The molecule has 0 aromatic carbocycles. The number of aliphatic hydroxyl groups is 1. The average Bonchev–Trinajstić information content (AvgIpc) is 3.10. The minimum Gasteiger partial charge on any atom is -0.394 e. The predicted octanol–water partition coefficient (Wildman–Crippen LogP) is 0.365. The molecule has 0 aliphatic carbocycles. The van der Waals surface area contributed by atoms with Gasteiger partial charge in [-0.1, -0.05) is 11.2 Å². The second kappa shape index (κ2) is 8.00. The average molecular weight is 332 g/mol. The maximum atomic E-state index is 12.3. The number of aliphatic hydroxyl groups excluding tert-OH is 1. The molecule has 0 radical (unpaired) electrons. The number of nitrogens with zero attached hydrogens (tertiary/aromatic N) is 3. The van der Waals surface area contributed by atoms with Gasteiger partial charge >= 0.3 is 0 Å². The van der Waals surface area contributed by atoms with Crippen LogP contribution in [0, 0.1) is 0 Å². The molecule has 3 rings (SSSR count). The van der Waals surface area contributed by atoms with E-state index in [1.165, 1.54) is 0 Å². The molecule has 1 atom stereocenters. The van der Waals surface area contributed by atoms with Crippen molar-refractivity contribution in [2.24, 2.45) is 0 Å². The van der Waals surface area contributed by atoms with Gasteiger partial charge in [0.1, 0.15) is 0 Å². The maximum absolute atomic E-state index is 12.3. The van der Waals surface area contributed by atoms with E-state index < -0.39 is 11.9 Å². The van der Waals surface area contributed by atoms with Crippen molar-refractivity contribution in [1.82, 2.24) is 20.4 Å². The minimum absolute atomic E-state index is 0.195. The first-order chi connectivity index (χ1) is 11.8. The highest BCUT2D eigenvalue weighted by atomic mass is 16.5. The van der Waals surface area contributed by atoms with Crippen molar-refractivity contribution in [3.63, 3.8) is 0 Å². The number of pyridine rings is 1. The molecule has 1 aliphatic rings. The molecule has 1 fully saturated rings. The number of aromatic nitrogens is 2. The minimum atomic E-state index is -0.536. The van der Waals surface area contributed by atoms with Crippen LogP contribution in [0.4, 0.5) is 0 Å². The summed E-state index contributed by atoms with van der Waals surface area (Å²) in [5.74, 6) is 0.235. The molecule has 0 saturated carbocycles. The highest BCUT2D eigenvalue weighted by Crippen LogP contribution is 2.13. The number of ether oxygens (including phenoxy) is 1. The molecular weight excluding hydrogens is 312 g/mol. The van der Waals surface area contributed by atoms with Gasteiger partial charge in [0.05, 0.1) is 32.4 Å². The van der Waals surface area contributed by atoms with Gasteiger partial charge in [0.2, 0.25) is 0 Å². The Balaban J connectivity index is 1.60. The van der Waals surface area contributed by atoms with E-state index in [2.05, 4.69) is 20.4 Å². The summed E-state index contributed by atoms with van der Waals surface area (Å²) in [5.41, 5.74) is 0.922. The summed E-state index contributed by atoms with van der Waals surface area (Å²) in [6.07, 6.45) is 3.24. The molecule has 2 N–H and O–H groups in total. The van der Waals surface area contributed by atoms with Crippen molar-refractivity contribution < 1.29 is 19.2 Å². The molecule has 1 aliphatic heterocycles.